The molecule has 1 spiro atoms. The SMILES string of the molecule is C[Si](C)(C)OC1=CCC2(CCOC2=O)CC1. The van der Waals surface area contributed by atoms with E-state index in [1.54, 1.807) is 0 Å². The molecule has 1 fully saturated rings. The minimum absolute atomic E-state index is 0.00389. The number of rotatable bonds is 2. The largest absolute Gasteiger partial charge is 0.548 e. The van der Waals surface area contributed by atoms with Gasteiger partial charge < -0.3 is 9.16 Å². The van der Waals surface area contributed by atoms with E-state index in [9.17, 15) is 4.79 Å². The van der Waals surface area contributed by atoms with Crippen LogP contribution in [0.3, 0.4) is 0 Å². The van der Waals surface area contributed by atoms with Gasteiger partial charge in [-0.05, 0) is 45.0 Å². The van der Waals surface area contributed by atoms with Crippen molar-refractivity contribution in [2.45, 2.75) is 45.3 Å². The summed E-state index contributed by atoms with van der Waals surface area (Å²) in [7, 11) is -1.50. The first-order valence-electron chi connectivity index (χ1n) is 5.97. The van der Waals surface area contributed by atoms with E-state index in [1.807, 2.05) is 0 Å². The smallest absolute Gasteiger partial charge is 0.312 e. The van der Waals surface area contributed by atoms with Crippen LogP contribution in [0.1, 0.15) is 25.7 Å². The van der Waals surface area contributed by atoms with Gasteiger partial charge in [0.2, 0.25) is 8.32 Å². The van der Waals surface area contributed by atoms with E-state index in [1.165, 1.54) is 0 Å². The lowest BCUT2D eigenvalue weighted by molar-refractivity contribution is -0.146. The van der Waals surface area contributed by atoms with E-state index in [4.69, 9.17) is 9.16 Å². The zero-order valence-electron chi connectivity index (χ0n) is 10.3. The highest BCUT2D eigenvalue weighted by Gasteiger charge is 2.45. The number of ether oxygens (including phenoxy) is 1. The minimum atomic E-state index is -1.50. The standard InChI is InChI=1S/C12H20O3Si/c1-16(2,3)15-10-4-6-12(7-5-10)8-9-14-11(12)13/h4H,5-9H2,1-3H3. The normalized spacial score (nSPS) is 30.2. The number of esters is 1. The number of cyclic esters (lactones) is 1. The van der Waals surface area contributed by atoms with E-state index in [-0.39, 0.29) is 11.4 Å². The molecule has 0 bridgehead atoms. The third-order valence-electron chi connectivity index (χ3n) is 3.25. The van der Waals surface area contributed by atoms with E-state index in [2.05, 4.69) is 25.7 Å². The maximum absolute atomic E-state index is 11.7. The van der Waals surface area contributed by atoms with Gasteiger partial charge in [0.05, 0.1) is 17.8 Å². The first-order chi connectivity index (χ1) is 7.41. The van der Waals surface area contributed by atoms with E-state index < -0.39 is 8.32 Å². The van der Waals surface area contributed by atoms with Gasteiger partial charge >= 0.3 is 5.97 Å². The van der Waals surface area contributed by atoms with E-state index in [0.29, 0.717) is 6.61 Å². The highest BCUT2D eigenvalue weighted by molar-refractivity contribution is 6.70. The number of hydrogen-bond donors (Lipinski definition) is 0. The predicted molar refractivity (Wildman–Crippen MR) is 64.4 cm³/mol. The molecule has 1 heterocycles. The van der Waals surface area contributed by atoms with Crippen LogP contribution in [-0.4, -0.2) is 20.9 Å². The van der Waals surface area contributed by atoms with Crippen molar-refractivity contribution in [1.82, 2.24) is 0 Å². The molecule has 16 heavy (non-hydrogen) atoms. The molecule has 2 aliphatic rings. The maximum Gasteiger partial charge on any atom is 0.312 e. The molecule has 0 aromatic carbocycles. The van der Waals surface area contributed by atoms with Crippen LogP contribution in [-0.2, 0) is 14.0 Å². The zero-order valence-corrected chi connectivity index (χ0v) is 11.3. The molecular formula is C12H20O3Si. The van der Waals surface area contributed by atoms with Gasteiger partial charge in [0, 0.05) is 6.42 Å². The fourth-order valence-electron chi connectivity index (χ4n) is 2.37. The van der Waals surface area contributed by atoms with Crippen molar-refractivity contribution in [3.8, 4) is 0 Å². The Bertz CT molecular complexity index is 330. The van der Waals surface area contributed by atoms with Crippen LogP contribution < -0.4 is 0 Å². The van der Waals surface area contributed by atoms with Crippen molar-refractivity contribution in [1.29, 1.82) is 0 Å². The molecule has 1 atom stereocenters. The molecule has 1 aliphatic carbocycles. The number of carbonyl (C=O) groups excluding carboxylic acids is 1. The summed E-state index contributed by atoms with van der Waals surface area (Å²) in [5.74, 6) is 1.08. The molecule has 0 radical (unpaired) electrons. The summed E-state index contributed by atoms with van der Waals surface area (Å²) in [5, 5.41) is 0. The lowest BCUT2D eigenvalue weighted by Crippen LogP contribution is -2.31. The fraction of sp³-hybridized carbons (Fsp3) is 0.750. The average Bonchev–Trinajstić information content (AvgIpc) is 2.51. The predicted octanol–water partition coefficient (Wildman–Crippen LogP) is 2.84. The van der Waals surface area contributed by atoms with Crippen LogP contribution in [0, 0.1) is 5.41 Å². The first-order valence-corrected chi connectivity index (χ1v) is 9.37. The Morgan fingerprint density at radius 1 is 1.38 bits per heavy atom. The molecule has 0 amide bonds. The Morgan fingerprint density at radius 3 is 2.56 bits per heavy atom. The Labute approximate surface area is 97.9 Å². The quantitative estimate of drug-likeness (QED) is 0.550. The summed E-state index contributed by atoms with van der Waals surface area (Å²) in [4.78, 5) is 11.7. The maximum atomic E-state index is 11.7. The summed E-state index contributed by atoms with van der Waals surface area (Å²) in [6.45, 7) is 7.14. The molecule has 0 N–H and O–H groups in total. The van der Waals surface area contributed by atoms with Gasteiger partial charge in [-0.15, -0.1) is 0 Å². The Hall–Kier alpha value is -0.773. The highest BCUT2D eigenvalue weighted by Crippen LogP contribution is 2.43. The van der Waals surface area contributed by atoms with Gasteiger partial charge in [-0.3, -0.25) is 4.79 Å². The van der Waals surface area contributed by atoms with Gasteiger partial charge in [-0.2, -0.15) is 0 Å². The van der Waals surface area contributed by atoms with Gasteiger partial charge in [-0.1, -0.05) is 0 Å². The summed E-state index contributed by atoms with van der Waals surface area (Å²) < 4.78 is 11.0. The molecule has 0 aromatic rings. The third-order valence-corrected chi connectivity index (χ3v) is 4.13. The van der Waals surface area contributed by atoms with Crippen LogP contribution in [0.4, 0.5) is 0 Å². The molecule has 0 aromatic heterocycles. The summed E-state index contributed by atoms with van der Waals surface area (Å²) in [5.41, 5.74) is -0.216. The van der Waals surface area contributed by atoms with Crippen molar-refractivity contribution in [3.63, 3.8) is 0 Å². The van der Waals surface area contributed by atoms with Crippen LogP contribution in [0.25, 0.3) is 0 Å². The zero-order chi connectivity index (χ0) is 11.8. The van der Waals surface area contributed by atoms with Gasteiger partial charge in [0.15, 0.2) is 0 Å². The second kappa shape index (κ2) is 3.91. The second-order valence-electron chi connectivity index (χ2n) is 5.76. The minimum Gasteiger partial charge on any atom is -0.548 e. The molecule has 90 valence electrons. The molecule has 0 saturated carbocycles. The molecule has 1 unspecified atom stereocenters. The summed E-state index contributed by atoms with van der Waals surface area (Å²) >= 11 is 0. The van der Waals surface area contributed by atoms with Crippen LogP contribution in [0.5, 0.6) is 0 Å². The van der Waals surface area contributed by atoms with Crippen molar-refractivity contribution < 1.29 is 14.0 Å². The summed E-state index contributed by atoms with van der Waals surface area (Å²) in [6, 6.07) is 0. The number of hydrogen-bond acceptors (Lipinski definition) is 3. The van der Waals surface area contributed by atoms with Gasteiger partial charge in [0.25, 0.3) is 0 Å². The Kier molecular flexibility index (Phi) is 2.86. The van der Waals surface area contributed by atoms with Crippen molar-refractivity contribution in [3.05, 3.63) is 11.8 Å². The van der Waals surface area contributed by atoms with E-state index in [0.717, 1.165) is 31.4 Å². The molecular weight excluding hydrogens is 220 g/mol. The Balaban J connectivity index is 2.02. The van der Waals surface area contributed by atoms with Crippen molar-refractivity contribution in [2.75, 3.05) is 6.61 Å². The number of carbonyl (C=O) groups is 1. The first kappa shape index (κ1) is 11.7. The second-order valence-corrected chi connectivity index (χ2v) is 10.2. The lowest BCUT2D eigenvalue weighted by Gasteiger charge is -2.31. The fourth-order valence-corrected chi connectivity index (χ4v) is 3.34. The molecule has 3 nitrogen and oxygen atoms in total. The topological polar surface area (TPSA) is 35.5 Å². The molecule has 1 aliphatic heterocycles. The molecule has 2 rings (SSSR count). The number of allylic oxidation sites excluding steroid dienone is 2. The van der Waals surface area contributed by atoms with Crippen LogP contribution >= 0.6 is 0 Å². The van der Waals surface area contributed by atoms with Crippen molar-refractivity contribution in [2.24, 2.45) is 5.41 Å². The molecule has 1 saturated heterocycles. The van der Waals surface area contributed by atoms with Gasteiger partial charge in [0.1, 0.15) is 0 Å². The van der Waals surface area contributed by atoms with Gasteiger partial charge in [-0.25, -0.2) is 0 Å². The monoisotopic (exact) mass is 240 g/mol. The summed E-state index contributed by atoms with van der Waals surface area (Å²) in [6.07, 6.45) is 5.56. The Morgan fingerprint density at radius 2 is 2.12 bits per heavy atom. The van der Waals surface area contributed by atoms with Crippen LogP contribution in [0.15, 0.2) is 11.8 Å². The van der Waals surface area contributed by atoms with Crippen LogP contribution in [0.2, 0.25) is 19.6 Å². The third kappa shape index (κ3) is 2.31. The lowest BCUT2D eigenvalue weighted by atomic mass is 9.75. The van der Waals surface area contributed by atoms with E-state index >= 15 is 0 Å². The molecule has 4 heteroatoms. The van der Waals surface area contributed by atoms with Crippen molar-refractivity contribution >= 4 is 14.3 Å². The average molecular weight is 240 g/mol. The highest BCUT2D eigenvalue weighted by atomic mass is 28.4.